The molecule has 0 saturated carbocycles. The quantitative estimate of drug-likeness (QED) is 0.708. The van der Waals surface area contributed by atoms with Crippen molar-refractivity contribution in [3.63, 3.8) is 0 Å². The Morgan fingerprint density at radius 2 is 2.00 bits per heavy atom. The molecule has 1 N–H and O–H groups in total. The smallest absolute Gasteiger partial charge is 0.0639 e. The number of rotatable bonds is 2. The highest BCUT2D eigenvalue weighted by molar-refractivity contribution is 4.82. The van der Waals surface area contributed by atoms with Crippen LogP contribution in [0.5, 0.6) is 0 Å². The molecule has 1 aliphatic rings. The zero-order chi connectivity index (χ0) is 10.0. The number of piperidine rings is 1. The molecule has 0 aromatic rings. The van der Waals surface area contributed by atoms with Gasteiger partial charge in [0.2, 0.25) is 0 Å². The van der Waals surface area contributed by atoms with E-state index in [1.165, 1.54) is 6.42 Å². The maximum atomic E-state index is 9.35. The molecule has 0 aromatic heterocycles. The summed E-state index contributed by atoms with van der Waals surface area (Å²) >= 11 is 0. The van der Waals surface area contributed by atoms with E-state index in [1.54, 1.807) is 0 Å². The summed E-state index contributed by atoms with van der Waals surface area (Å²) in [7, 11) is 0. The van der Waals surface area contributed by atoms with Gasteiger partial charge >= 0.3 is 0 Å². The number of hydrogen-bond donors (Lipinski definition) is 1. The third kappa shape index (κ3) is 2.96. The lowest BCUT2D eigenvalue weighted by Gasteiger charge is -2.41. The zero-order valence-corrected chi connectivity index (χ0v) is 9.33. The lowest BCUT2D eigenvalue weighted by molar-refractivity contribution is 0.0381. The molecule has 78 valence electrons. The Morgan fingerprint density at radius 3 is 2.54 bits per heavy atom. The predicted molar refractivity (Wildman–Crippen MR) is 55.7 cm³/mol. The molecule has 0 spiro atoms. The Labute approximate surface area is 81.9 Å². The first kappa shape index (κ1) is 11.0. The van der Waals surface area contributed by atoms with Crippen LogP contribution < -0.4 is 0 Å². The topological polar surface area (TPSA) is 23.5 Å². The molecule has 1 aliphatic heterocycles. The molecule has 0 amide bonds. The van der Waals surface area contributed by atoms with Gasteiger partial charge in [-0.2, -0.15) is 0 Å². The third-order valence-corrected chi connectivity index (χ3v) is 3.22. The minimum atomic E-state index is -0.194. The molecule has 0 aromatic carbocycles. The van der Waals surface area contributed by atoms with Gasteiger partial charge in [0, 0.05) is 19.1 Å². The van der Waals surface area contributed by atoms with Crippen molar-refractivity contribution in [1.29, 1.82) is 0 Å². The number of nitrogens with zero attached hydrogens (tertiary/aromatic N) is 1. The lowest BCUT2D eigenvalue weighted by Crippen LogP contribution is -2.48. The highest BCUT2D eigenvalue weighted by Crippen LogP contribution is 2.26. The van der Waals surface area contributed by atoms with Crippen LogP contribution in [0.15, 0.2) is 0 Å². The molecule has 3 unspecified atom stereocenters. The minimum Gasteiger partial charge on any atom is -0.392 e. The number of aliphatic hydroxyl groups excluding tert-OH is 1. The Bertz CT molecular complexity index is 156. The standard InChI is InChI=1S/C11H23NO/c1-8-5-9(2)11(4)12(6-8)7-10(3)13/h8-11,13H,5-7H2,1-4H3/t8?,9?,10-,11?/m1/s1. The van der Waals surface area contributed by atoms with Crippen LogP contribution in [0.2, 0.25) is 0 Å². The summed E-state index contributed by atoms with van der Waals surface area (Å²) in [6.45, 7) is 10.7. The Hall–Kier alpha value is -0.0800. The van der Waals surface area contributed by atoms with E-state index in [-0.39, 0.29) is 6.10 Å². The summed E-state index contributed by atoms with van der Waals surface area (Å²) in [5.74, 6) is 1.55. The number of β-amino-alcohol motifs (C(OH)–C–C–N with tert-alkyl or cyclic N) is 1. The Kier molecular flexibility index (Phi) is 3.74. The molecule has 2 heteroatoms. The van der Waals surface area contributed by atoms with Gasteiger partial charge in [-0.25, -0.2) is 0 Å². The second kappa shape index (κ2) is 4.43. The SMILES string of the molecule is CC1CC(C)C(C)N(C[C@@H](C)O)C1. The summed E-state index contributed by atoms with van der Waals surface area (Å²) in [5.41, 5.74) is 0. The molecule has 1 rings (SSSR count). The van der Waals surface area contributed by atoms with Crippen LogP contribution in [0.3, 0.4) is 0 Å². The molecule has 0 radical (unpaired) electrons. The summed E-state index contributed by atoms with van der Waals surface area (Å²) in [5, 5.41) is 9.35. The van der Waals surface area contributed by atoms with Crippen molar-refractivity contribution in [1.82, 2.24) is 4.90 Å². The highest BCUT2D eigenvalue weighted by atomic mass is 16.3. The van der Waals surface area contributed by atoms with Crippen molar-refractivity contribution < 1.29 is 5.11 Å². The zero-order valence-electron chi connectivity index (χ0n) is 9.33. The third-order valence-electron chi connectivity index (χ3n) is 3.22. The van der Waals surface area contributed by atoms with Gasteiger partial charge in [-0.15, -0.1) is 0 Å². The summed E-state index contributed by atoms with van der Waals surface area (Å²) in [6.07, 6.45) is 1.14. The van der Waals surface area contributed by atoms with E-state index in [0.717, 1.165) is 24.9 Å². The van der Waals surface area contributed by atoms with Gasteiger partial charge in [0.25, 0.3) is 0 Å². The molecular formula is C11H23NO. The van der Waals surface area contributed by atoms with Crippen molar-refractivity contribution in [3.8, 4) is 0 Å². The lowest BCUT2D eigenvalue weighted by atomic mass is 9.86. The van der Waals surface area contributed by atoms with Gasteiger partial charge in [-0.1, -0.05) is 13.8 Å². The second-order valence-corrected chi connectivity index (χ2v) is 4.86. The summed E-state index contributed by atoms with van der Waals surface area (Å²) in [4.78, 5) is 2.42. The van der Waals surface area contributed by atoms with Crippen LogP contribution in [0.4, 0.5) is 0 Å². The van der Waals surface area contributed by atoms with E-state index in [2.05, 4.69) is 25.7 Å². The Morgan fingerprint density at radius 1 is 1.38 bits per heavy atom. The molecule has 4 atom stereocenters. The van der Waals surface area contributed by atoms with Crippen LogP contribution in [0.25, 0.3) is 0 Å². The fourth-order valence-corrected chi connectivity index (χ4v) is 2.41. The van der Waals surface area contributed by atoms with Crippen molar-refractivity contribution in [2.24, 2.45) is 11.8 Å². The van der Waals surface area contributed by atoms with E-state index in [0.29, 0.717) is 6.04 Å². The van der Waals surface area contributed by atoms with Crippen LogP contribution in [-0.2, 0) is 0 Å². The molecule has 2 nitrogen and oxygen atoms in total. The number of hydrogen-bond acceptors (Lipinski definition) is 2. The fraction of sp³-hybridized carbons (Fsp3) is 1.00. The average molecular weight is 185 g/mol. The first-order chi connectivity index (χ1) is 6.00. The highest BCUT2D eigenvalue weighted by Gasteiger charge is 2.28. The van der Waals surface area contributed by atoms with Crippen LogP contribution in [0.1, 0.15) is 34.1 Å². The summed E-state index contributed by atoms with van der Waals surface area (Å²) < 4.78 is 0. The van der Waals surface area contributed by atoms with Crippen LogP contribution in [0, 0.1) is 11.8 Å². The van der Waals surface area contributed by atoms with Crippen molar-refractivity contribution in [3.05, 3.63) is 0 Å². The molecule has 1 fully saturated rings. The number of aliphatic hydroxyl groups is 1. The van der Waals surface area contributed by atoms with Crippen molar-refractivity contribution >= 4 is 0 Å². The fourth-order valence-electron chi connectivity index (χ4n) is 2.41. The van der Waals surface area contributed by atoms with Crippen LogP contribution in [-0.4, -0.2) is 35.2 Å². The van der Waals surface area contributed by atoms with Gasteiger partial charge in [0.15, 0.2) is 0 Å². The monoisotopic (exact) mass is 185 g/mol. The van der Waals surface area contributed by atoms with Gasteiger partial charge in [-0.05, 0) is 32.1 Å². The molecule has 0 bridgehead atoms. The maximum absolute atomic E-state index is 9.35. The normalized spacial score (nSPS) is 39.0. The summed E-state index contributed by atoms with van der Waals surface area (Å²) in [6, 6.07) is 0.630. The van der Waals surface area contributed by atoms with E-state index >= 15 is 0 Å². The van der Waals surface area contributed by atoms with Gasteiger partial charge < -0.3 is 5.11 Å². The number of likely N-dealkylation sites (tertiary alicyclic amines) is 1. The average Bonchev–Trinajstić information content (AvgIpc) is 1.98. The predicted octanol–water partition coefficient (Wildman–Crippen LogP) is 1.73. The molecular weight excluding hydrogens is 162 g/mol. The van der Waals surface area contributed by atoms with E-state index in [4.69, 9.17) is 0 Å². The van der Waals surface area contributed by atoms with Gasteiger partial charge in [0.1, 0.15) is 0 Å². The Balaban J connectivity index is 2.50. The first-order valence-electron chi connectivity index (χ1n) is 5.42. The largest absolute Gasteiger partial charge is 0.392 e. The van der Waals surface area contributed by atoms with Gasteiger partial charge in [0.05, 0.1) is 6.10 Å². The maximum Gasteiger partial charge on any atom is 0.0639 e. The van der Waals surface area contributed by atoms with Crippen molar-refractivity contribution in [2.45, 2.75) is 46.3 Å². The second-order valence-electron chi connectivity index (χ2n) is 4.86. The molecule has 1 heterocycles. The van der Waals surface area contributed by atoms with E-state index in [9.17, 15) is 5.11 Å². The minimum absolute atomic E-state index is 0.194. The van der Waals surface area contributed by atoms with E-state index in [1.807, 2.05) is 6.92 Å². The van der Waals surface area contributed by atoms with Gasteiger partial charge in [-0.3, -0.25) is 4.90 Å². The molecule has 1 saturated heterocycles. The van der Waals surface area contributed by atoms with Crippen LogP contribution >= 0.6 is 0 Å². The molecule has 13 heavy (non-hydrogen) atoms. The van der Waals surface area contributed by atoms with E-state index < -0.39 is 0 Å². The first-order valence-corrected chi connectivity index (χ1v) is 5.42. The van der Waals surface area contributed by atoms with Crippen molar-refractivity contribution in [2.75, 3.05) is 13.1 Å². The molecule has 0 aliphatic carbocycles.